The molecule has 2 rings (SSSR count). The summed E-state index contributed by atoms with van der Waals surface area (Å²) in [5, 5.41) is 0.791. The van der Waals surface area contributed by atoms with Gasteiger partial charge in [-0.2, -0.15) is 11.8 Å². The summed E-state index contributed by atoms with van der Waals surface area (Å²) >= 11 is 7.76. The molecule has 2 atom stereocenters. The zero-order chi connectivity index (χ0) is 16.1. The number of carbonyl (C=O) groups excluding carboxylic acids is 1. The standard InChI is InChI=1S/C17H25ClN2OS/c1-19(2)17(21)12-22-11-14-10-20(3)9-8-16(14)13-4-6-15(18)7-5-13/h4-7,14,16H,8-12H2,1-3H3/t14-,16+/m0/s1. The lowest BCUT2D eigenvalue weighted by Crippen LogP contribution is -2.38. The molecule has 1 saturated heterocycles. The summed E-state index contributed by atoms with van der Waals surface area (Å²) < 4.78 is 0. The number of nitrogens with zero attached hydrogens (tertiary/aromatic N) is 2. The molecule has 3 nitrogen and oxygen atoms in total. The lowest BCUT2D eigenvalue weighted by atomic mass is 9.81. The number of hydrogen-bond acceptors (Lipinski definition) is 3. The molecule has 1 aromatic rings. The van der Waals surface area contributed by atoms with Crippen LogP contribution in [0.25, 0.3) is 0 Å². The third-order valence-corrected chi connectivity index (χ3v) is 5.66. The highest BCUT2D eigenvalue weighted by Gasteiger charge is 2.29. The average molecular weight is 341 g/mol. The van der Waals surface area contributed by atoms with E-state index in [-0.39, 0.29) is 5.91 Å². The summed E-state index contributed by atoms with van der Waals surface area (Å²) in [6, 6.07) is 8.27. The van der Waals surface area contributed by atoms with Crippen molar-refractivity contribution >= 4 is 29.3 Å². The van der Waals surface area contributed by atoms with Crippen molar-refractivity contribution in [1.29, 1.82) is 0 Å². The number of piperidine rings is 1. The van der Waals surface area contributed by atoms with E-state index in [2.05, 4.69) is 24.1 Å². The van der Waals surface area contributed by atoms with Gasteiger partial charge in [-0.05, 0) is 55.3 Å². The van der Waals surface area contributed by atoms with Crippen LogP contribution in [0.4, 0.5) is 0 Å². The Morgan fingerprint density at radius 1 is 1.36 bits per heavy atom. The number of benzene rings is 1. The molecule has 0 bridgehead atoms. The van der Waals surface area contributed by atoms with Gasteiger partial charge < -0.3 is 9.80 Å². The van der Waals surface area contributed by atoms with Crippen LogP contribution < -0.4 is 0 Å². The summed E-state index contributed by atoms with van der Waals surface area (Å²) in [7, 11) is 5.81. The predicted molar refractivity (Wildman–Crippen MR) is 95.8 cm³/mol. The van der Waals surface area contributed by atoms with Gasteiger partial charge in [0.15, 0.2) is 0 Å². The lowest BCUT2D eigenvalue weighted by Gasteiger charge is -2.37. The Labute approximate surface area is 143 Å². The first-order chi connectivity index (χ1) is 10.5. The molecule has 1 aromatic carbocycles. The smallest absolute Gasteiger partial charge is 0.232 e. The van der Waals surface area contributed by atoms with Crippen LogP contribution in [-0.2, 0) is 4.79 Å². The fraction of sp³-hybridized carbons (Fsp3) is 0.588. The Morgan fingerprint density at radius 3 is 2.68 bits per heavy atom. The van der Waals surface area contributed by atoms with Crippen molar-refractivity contribution in [3.8, 4) is 0 Å². The third kappa shape index (κ3) is 4.90. The predicted octanol–water partition coefficient (Wildman–Crippen LogP) is 3.20. The fourth-order valence-corrected chi connectivity index (χ4v) is 4.28. The number of thioether (sulfide) groups is 1. The summed E-state index contributed by atoms with van der Waals surface area (Å²) in [6.07, 6.45) is 1.17. The van der Waals surface area contributed by atoms with Gasteiger partial charge in [-0.3, -0.25) is 4.79 Å². The van der Waals surface area contributed by atoms with Gasteiger partial charge in [0.05, 0.1) is 5.75 Å². The number of hydrogen-bond donors (Lipinski definition) is 0. The minimum atomic E-state index is 0.192. The van der Waals surface area contributed by atoms with E-state index in [9.17, 15) is 4.79 Å². The first-order valence-corrected chi connectivity index (χ1v) is 9.22. The van der Waals surface area contributed by atoms with Gasteiger partial charge >= 0.3 is 0 Å². The first kappa shape index (κ1) is 17.6. The van der Waals surface area contributed by atoms with Gasteiger partial charge in [0.2, 0.25) is 5.91 Å². The molecule has 0 aromatic heterocycles. The van der Waals surface area contributed by atoms with Crippen molar-refractivity contribution in [2.45, 2.75) is 12.3 Å². The van der Waals surface area contributed by atoms with E-state index < -0.39 is 0 Å². The Hall–Kier alpha value is -0.710. The van der Waals surface area contributed by atoms with Gasteiger partial charge in [0, 0.05) is 25.7 Å². The van der Waals surface area contributed by atoms with Crippen molar-refractivity contribution in [1.82, 2.24) is 9.80 Å². The van der Waals surface area contributed by atoms with E-state index in [1.807, 2.05) is 26.2 Å². The van der Waals surface area contributed by atoms with E-state index in [1.165, 1.54) is 12.0 Å². The monoisotopic (exact) mass is 340 g/mol. The highest BCUT2D eigenvalue weighted by molar-refractivity contribution is 7.99. The lowest BCUT2D eigenvalue weighted by molar-refractivity contribution is -0.125. The summed E-state index contributed by atoms with van der Waals surface area (Å²) in [6.45, 7) is 2.22. The highest BCUT2D eigenvalue weighted by Crippen LogP contribution is 2.35. The molecule has 22 heavy (non-hydrogen) atoms. The molecule has 1 amide bonds. The molecule has 122 valence electrons. The van der Waals surface area contributed by atoms with Crippen molar-refractivity contribution < 1.29 is 4.79 Å². The second kappa shape index (κ2) is 8.23. The number of carbonyl (C=O) groups is 1. The summed E-state index contributed by atoms with van der Waals surface area (Å²) in [5.41, 5.74) is 1.38. The largest absolute Gasteiger partial charge is 0.348 e. The molecule has 1 aliphatic heterocycles. The molecule has 1 heterocycles. The second-order valence-corrected chi connectivity index (χ2v) is 7.74. The molecule has 0 aliphatic carbocycles. The van der Waals surface area contributed by atoms with E-state index in [4.69, 9.17) is 11.6 Å². The molecule has 0 spiro atoms. The van der Waals surface area contributed by atoms with E-state index in [1.54, 1.807) is 16.7 Å². The van der Waals surface area contributed by atoms with Crippen LogP contribution in [0, 0.1) is 5.92 Å². The molecule has 1 fully saturated rings. The Morgan fingerprint density at radius 2 is 2.05 bits per heavy atom. The van der Waals surface area contributed by atoms with Crippen LogP contribution >= 0.6 is 23.4 Å². The van der Waals surface area contributed by atoms with Crippen LogP contribution in [-0.4, -0.2) is 61.4 Å². The van der Waals surface area contributed by atoms with Crippen LogP contribution in [0.5, 0.6) is 0 Å². The minimum Gasteiger partial charge on any atom is -0.348 e. The second-order valence-electron chi connectivity index (χ2n) is 6.27. The van der Waals surface area contributed by atoms with Crippen molar-refractivity contribution in [3.63, 3.8) is 0 Å². The fourth-order valence-electron chi connectivity index (χ4n) is 2.96. The minimum absolute atomic E-state index is 0.192. The zero-order valence-corrected chi connectivity index (χ0v) is 15.2. The Balaban J connectivity index is 1.97. The molecule has 1 aliphatic rings. The van der Waals surface area contributed by atoms with Gasteiger partial charge in [-0.25, -0.2) is 0 Å². The normalized spacial score (nSPS) is 22.5. The quantitative estimate of drug-likeness (QED) is 0.822. The molecular formula is C17H25ClN2OS. The van der Waals surface area contributed by atoms with Gasteiger partial charge in [-0.1, -0.05) is 23.7 Å². The number of rotatable bonds is 5. The van der Waals surface area contributed by atoms with Crippen LogP contribution in [0.15, 0.2) is 24.3 Å². The number of halogens is 1. The average Bonchev–Trinajstić information content (AvgIpc) is 2.48. The maximum absolute atomic E-state index is 11.7. The molecule has 0 unspecified atom stereocenters. The van der Waals surface area contributed by atoms with Crippen LogP contribution in [0.3, 0.4) is 0 Å². The topological polar surface area (TPSA) is 23.6 Å². The van der Waals surface area contributed by atoms with Crippen LogP contribution in [0.2, 0.25) is 5.02 Å². The van der Waals surface area contributed by atoms with Crippen molar-refractivity contribution in [2.75, 3.05) is 45.7 Å². The molecule has 0 saturated carbocycles. The maximum atomic E-state index is 11.7. The Bertz CT molecular complexity index is 492. The summed E-state index contributed by atoms with van der Waals surface area (Å²) in [5.74, 6) is 2.94. The van der Waals surface area contributed by atoms with Gasteiger partial charge in [0.1, 0.15) is 0 Å². The van der Waals surface area contributed by atoms with E-state index in [0.717, 1.165) is 23.9 Å². The van der Waals surface area contributed by atoms with Crippen LogP contribution in [0.1, 0.15) is 17.9 Å². The van der Waals surface area contributed by atoms with E-state index >= 15 is 0 Å². The highest BCUT2D eigenvalue weighted by atomic mass is 35.5. The molecule has 0 N–H and O–H groups in total. The summed E-state index contributed by atoms with van der Waals surface area (Å²) in [4.78, 5) is 15.8. The number of likely N-dealkylation sites (tertiary alicyclic amines) is 1. The van der Waals surface area contributed by atoms with Gasteiger partial charge in [0.25, 0.3) is 0 Å². The maximum Gasteiger partial charge on any atom is 0.232 e. The first-order valence-electron chi connectivity index (χ1n) is 7.69. The van der Waals surface area contributed by atoms with Crippen molar-refractivity contribution in [3.05, 3.63) is 34.9 Å². The molecular weight excluding hydrogens is 316 g/mol. The molecule has 0 radical (unpaired) electrons. The van der Waals surface area contributed by atoms with E-state index in [0.29, 0.717) is 17.6 Å². The number of amides is 1. The zero-order valence-electron chi connectivity index (χ0n) is 13.6. The molecule has 5 heteroatoms. The van der Waals surface area contributed by atoms with Crippen molar-refractivity contribution in [2.24, 2.45) is 5.92 Å². The SMILES string of the molecule is CN1CC[C@H](c2ccc(Cl)cc2)[C@H](CSCC(=O)N(C)C)C1. The third-order valence-electron chi connectivity index (χ3n) is 4.29. The van der Waals surface area contributed by atoms with Gasteiger partial charge in [-0.15, -0.1) is 0 Å². The Kier molecular flexibility index (Phi) is 6.60.